The van der Waals surface area contributed by atoms with Crippen molar-refractivity contribution in [3.63, 3.8) is 0 Å². The lowest BCUT2D eigenvalue weighted by Gasteiger charge is -2.24. The highest BCUT2D eigenvalue weighted by Crippen LogP contribution is 2.30. The maximum Gasteiger partial charge on any atom is 0.146 e. The molecule has 0 saturated heterocycles. The average molecular weight is 347 g/mol. The Morgan fingerprint density at radius 1 is 1.15 bits per heavy atom. The van der Waals surface area contributed by atoms with Gasteiger partial charge in [-0.15, -0.1) is 0 Å². The van der Waals surface area contributed by atoms with Gasteiger partial charge >= 0.3 is 0 Å². The van der Waals surface area contributed by atoms with Gasteiger partial charge < -0.3 is 9.15 Å². The van der Waals surface area contributed by atoms with Crippen LogP contribution >= 0.6 is 0 Å². The lowest BCUT2D eigenvalue weighted by molar-refractivity contribution is 0.274. The van der Waals surface area contributed by atoms with E-state index in [1.165, 1.54) is 30.4 Å². The third-order valence-corrected chi connectivity index (χ3v) is 5.21. The lowest BCUT2D eigenvalue weighted by Crippen LogP contribution is -2.15. The summed E-state index contributed by atoms with van der Waals surface area (Å²) in [6.45, 7) is 3.41. The first kappa shape index (κ1) is 16.9. The number of furan rings is 1. The van der Waals surface area contributed by atoms with Crippen LogP contribution in [0.1, 0.15) is 36.7 Å². The van der Waals surface area contributed by atoms with Crippen molar-refractivity contribution in [1.82, 2.24) is 0 Å². The molecule has 3 heteroatoms. The summed E-state index contributed by atoms with van der Waals surface area (Å²) in [6, 6.07) is 16.6. The van der Waals surface area contributed by atoms with Crippen molar-refractivity contribution in [2.75, 3.05) is 6.54 Å². The summed E-state index contributed by atoms with van der Waals surface area (Å²) in [5, 5.41) is 1.12. The van der Waals surface area contributed by atoms with Crippen molar-refractivity contribution in [2.45, 2.75) is 39.2 Å². The minimum Gasteiger partial charge on any atom is -0.486 e. The molecule has 0 fully saturated rings. The molecule has 0 radical (unpaired) electrons. The molecule has 3 aromatic rings. The number of para-hydroxylation sites is 1. The van der Waals surface area contributed by atoms with Gasteiger partial charge in [-0.05, 0) is 80.1 Å². The van der Waals surface area contributed by atoms with Crippen molar-refractivity contribution >= 4 is 17.2 Å². The van der Waals surface area contributed by atoms with Gasteiger partial charge in [-0.25, -0.2) is 0 Å². The molecular formula is C23H25NO2. The number of nitrogens with zero attached hydrogens (tertiary/aromatic N) is 1. The summed E-state index contributed by atoms with van der Waals surface area (Å²) in [6.07, 6.45) is 6.64. The highest BCUT2D eigenvalue weighted by Gasteiger charge is 2.18. The summed E-state index contributed by atoms with van der Waals surface area (Å²) < 4.78 is 11.8. The minimum absolute atomic E-state index is 0.463. The topological polar surface area (TPSA) is 34.7 Å². The van der Waals surface area contributed by atoms with Crippen molar-refractivity contribution in [1.29, 1.82) is 0 Å². The molecule has 26 heavy (non-hydrogen) atoms. The van der Waals surface area contributed by atoms with Gasteiger partial charge in [0.25, 0.3) is 0 Å². The molecule has 3 nitrogen and oxygen atoms in total. The Morgan fingerprint density at radius 3 is 2.96 bits per heavy atom. The van der Waals surface area contributed by atoms with Crippen LogP contribution in [0.4, 0.5) is 0 Å². The molecule has 1 aliphatic rings. The molecule has 1 atom stereocenters. The molecule has 0 aliphatic heterocycles. The second-order valence-corrected chi connectivity index (χ2v) is 7.03. The highest BCUT2D eigenvalue weighted by molar-refractivity contribution is 5.77. The number of aryl methyl sites for hydroxylation is 1. The van der Waals surface area contributed by atoms with Crippen molar-refractivity contribution in [3.05, 3.63) is 65.4 Å². The summed E-state index contributed by atoms with van der Waals surface area (Å²) >= 11 is 0. The normalized spacial score (nSPS) is 16.9. The van der Waals surface area contributed by atoms with Crippen molar-refractivity contribution in [3.8, 4) is 5.75 Å². The van der Waals surface area contributed by atoms with Gasteiger partial charge in [0.15, 0.2) is 0 Å². The highest BCUT2D eigenvalue weighted by atomic mass is 16.5. The zero-order chi connectivity index (χ0) is 17.8. The lowest BCUT2D eigenvalue weighted by atomic mass is 9.82. The Hall–Kier alpha value is -2.55. The third-order valence-electron chi connectivity index (χ3n) is 5.21. The predicted octanol–water partition coefficient (Wildman–Crippen LogP) is 5.60. The van der Waals surface area contributed by atoms with Crippen molar-refractivity contribution < 1.29 is 9.15 Å². The third kappa shape index (κ3) is 3.82. The first-order valence-electron chi connectivity index (χ1n) is 9.48. The number of rotatable bonds is 6. The summed E-state index contributed by atoms with van der Waals surface area (Å²) in [4.78, 5) is 4.35. The molecule has 0 bridgehead atoms. The average Bonchev–Trinajstić information content (AvgIpc) is 3.09. The Balaban J connectivity index is 1.38. The van der Waals surface area contributed by atoms with E-state index in [-0.39, 0.29) is 0 Å². The van der Waals surface area contributed by atoms with Crippen LogP contribution in [-0.2, 0) is 19.4 Å². The minimum atomic E-state index is 0.463. The number of hydrogen-bond donors (Lipinski definition) is 0. The quantitative estimate of drug-likeness (QED) is 0.544. The molecule has 0 amide bonds. The van der Waals surface area contributed by atoms with E-state index in [1.54, 1.807) is 0 Å². The molecule has 0 N–H and O–H groups in total. The number of benzene rings is 2. The van der Waals surface area contributed by atoms with E-state index in [4.69, 9.17) is 9.15 Å². The Morgan fingerprint density at radius 2 is 2.08 bits per heavy atom. The van der Waals surface area contributed by atoms with Crippen LogP contribution < -0.4 is 4.74 Å². The van der Waals surface area contributed by atoms with E-state index in [2.05, 4.69) is 35.3 Å². The van der Waals surface area contributed by atoms with E-state index >= 15 is 0 Å². The summed E-state index contributed by atoms with van der Waals surface area (Å²) in [7, 11) is 0. The van der Waals surface area contributed by atoms with Gasteiger partial charge in [-0.3, -0.25) is 4.99 Å². The summed E-state index contributed by atoms with van der Waals surface area (Å²) in [5.74, 6) is 2.55. The molecule has 0 saturated carbocycles. The molecular weight excluding hydrogens is 322 g/mol. The number of hydrogen-bond acceptors (Lipinski definition) is 3. The van der Waals surface area contributed by atoms with Gasteiger partial charge in [0, 0.05) is 11.9 Å². The predicted molar refractivity (Wildman–Crippen MR) is 106 cm³/mol. The second-order valence-electron chi connectivity index (χ2n) is 7.03. The van der Waals surface area contributed by atoms with E-state index in [1.807, 2.05) is 31.3 Å². The van der Waals surface area contributed by atoms with Crippen LogP contribution in [0.2, 0.25) is 0 Å². The fourth-order valence-electron chi connectivity index (χ4n) is 3.79. The molecule has 2 aromatic carbocycles. The standard InChI is InChI=1S/C23H25NO2/c1-2-24-12-11-17-7-8-19-14-21(10-9-18(19)13-17)25-16-22-15-20-5-3-4-6-23(20)26-22/h2-6,9-10,14-15,17H,7-8,11-13,16H2,1H3. The molecule has 4 rings (SSSR count). The van der Waals surface area contributed by atoms with E-state index in [0.29, 0.717) is 6.61 Å². The zero-order valence-corrected chi connectivity index (χ0v) is 15.3. The number of aliphatic imine (C=N–C) groups is 1. The Labute approximate surface area is 154 Å². The molecule has 1 aromatic heterocycles. The Kier molecular flexibility index (Phi) is 5.05. The second kappa shape index (κ2) is 7.77. The fraction of sp³-hybridized carbons (Fsp3) is 0.348. The molecule has 1 unspecified atom stereocenters. The van der Waals surface area contributed by atoms with E-state index < -0.39 is 0 Å². The van der Waals surface area contributed by atoms with Gasteiger partial charge in [0.1, 0.15) is 23.7 Å². The number of ether oxygens (including phenoxy) is 1. The van der Waals surface area contributed by atoms with E-state index in [9.17, 15) is 0 Å². The van der Waals surface area contributed by atoms with Gasteiger partial charge in [-0.2, -0.15) is 0 Å². The van der Waals surface area contributed by atoms with Gasteiger partial charge in [0.05, 0.1) is 0 Å². The fourth-order valence-corrected chi connectivity index (χ4v) is 3.79. The SMILES string of the molecule is CC=NCCC1CCc2cc(OCc3cc4ccccc4o3)ccc2C1. The van der Waals surface area contributed by atoms with Crippen molar-refractivity contribution in [2.24, 2.45) is 10.9 Å². The van der Waals surface area contributed by atoms with Crippen LogP contribution in [-0.4, -0.2) is 12.8 Å². The first-order chi connectivity index (χ1) is 12.8. The molecule has 1 heterocycles. The first-order valence-corrected chi connectivity index (χ1v) is 9.48. The Bertz CT molecular complexity index is 876. The number of fused-ring (bicyclic) bond motifs is 2. The van der Waals surface area contributed by atoms with Crippen LogP contribution in [0, 0.1) is 5.92 Å². The van der Waals surface area contributed by atoms with Crippen LogP contribution in [0.3, 0.4) is 0 Å². The molecule has 0 spiro atoms. The monoisotopic (exact) mass is 347 g/mol. The van der Waals surface area contributed by atoms with E-state index in [0.717, 1.165) is 41.4 Å². The molecule has 134 valence electrons. The summed E-state index contributed by atoms with van der Waals surface area (Å²) in [5.41, 5.74) is 3.81. The maximum absolute atomic E-state index is 5.98. The van der Waals surface area contributed by atoms with Gasteiger partial charge in [-0.1, -0.05) is 24.3 Å². The maximum atomic E-state index is 5.98. The van der Waals surface area contributed by atoms with Crippen LogP contribution in [0.15, 0.2) is 57.9 Å². The molecule has 1 aliphatic carbocycles. The van der Waals surface area contributed by atoms with Gasteiger partial charge in [0.2, 0.25) is 0 Å². The largest absolute Gasteiger partial charge is 0.486 e. The van der Waals surface area contributed by atoms with Crippen LogP contribution in [0.5, 0.6) is 5.75 Å². The van der Waals surface area contributed by atoms with Crippen LogP contribution in [0.25, 0.3) is 11.0 Å². The smallest absolute Gasteiger partial charge is 0.146 e. The zero-order valence-electron chi connectivity index (χ0n) is 15.3.